The van der Waals surface area contributed by atoms with Crippen LogP contribution in [-0.2, 0) is 16.0 Å². The summed E-state index contributed by atoms with van der Waals surface area (Å²) < 4.78 is 12.0. The molecular formula is C30H34N2O4S. The van der Waals surface area contributed by atoms with Crippen LogP contribution in [0.2, 0.25) is 0 Å². The molecule has 2 aromatic carbocycles. The number of rotatable bonds is 8. The van der Waals surface area contributed by atoms with Gasteiger partial charge in [0.2, 0.25) is 5.91 Å². The minimum absolute atomic E-state index is 0.0214. The van der Waals surface area contributed by atoms with E-state index >= 15 is 0 Å². The largest absolute Gasteiger partial charge is 0.491 e. The quantitative estimate of drug-likeness (QED) is 0.412. The van der Waals surface area contributed by atoms with Crippen molar-refractivity contribution in [3.63, 3.8) is 0 Å². The van der Waals surface area contributed by atoms with Gasteiger partial charge >= 0.3 is 0 Å². The Balaban J connectivity index is 1.36. The molecule has 2 unspecified atom stereocenters. The maximum absolute atomic E-state index is 13.8. The van der Waals surface area contributed by atoms with Crippen LogP contribution in [0, 0.1) is 13.8 Å². The van der Waals surface area contributed by atoms with Gasteiger partial charge in [-0.1, -0.05) is 35.9 Å². The highest BCUT2D eigenvalue weighted by atomic mass is 32.1. The van der Waals surface area contributed by atoms with Crippen molar-refractivity contribution in [2.45, 2.75) is 45.3 Å². The van der Waals surface area contributed by atoms with Gasteiger partial charge in [0.25, 0.3) is 5.91 Å². The van der Waals surface area contributed by atoms with Crippen LogP contribution in [0.1, 0.15) is 50.8 Å². The Hall–Kier alpha value is -3.16. The predicted molar refractivity (Wildman–Crippen MR) is 145 cm³/mol. The summed E-state index contributed by atoms with van der Waals surface area (Å²) in [5, 5.41) is 2.09. The number of amides is 2. The molecule has 0 radical (unpaired) electrons. The van der Waals surface area contributed by atoms with Gasteiger partial charge in [0.05, 0.1) is 12.1 Å². The van der Waals surface area contributed by atoms with Crippen molar-refractivity contribution in [1.29, 1.82) is 0 Å². The number of nitrogens with zero attached hydrogens (tertiary/aromatic N) is 2. The molecule has 1 saturated heterocycles. The van der Waals surface area contributed by atoms with E-state index in [4.69, 9.17) is 9.47 Å². The number of thiophene rings is 1. The van der Waals surface area contributed by atoms with Crippen LogP contribution >= 0.6 is 11.3 Å². The van der Waals surface area contributed by atoms with Crippen LogP contribution in [0.4, 0.5) is 0 Å². The fraction of sp³-hybridized carbons (Fsp3) is 0.400. The van der Waals surface area contributed by atoms with Crippen LogP contribution in [0.25, 0.3) is 0 Å². The second-order valence-corrected chi connectivity index (χ2v) is 10.9. The number of benzene rings is 2. The van der Waals surface area contributed by atoms with Crippen LogP contribution < -0.4 is 4.74 Å². The Kier molecular flexibility index (Phi) is 7.91. The van der Waals surface area contributed by atoms with Crippen LogP contribution in [0.15, 0.2) is 60.0 Å². The number of fused-ring (bicyclic) bond motifs is 1. The third kappa shape index (κ3) is 5.89. The van der Waals surface area contributed by atoms with Crippen molar-refractivity contribution in [3.8, 4) is 5.75 Å². The van der Waals surface area contributed by atoms with Crippen molar-refractivity contribution in [1.82, 2.24) is 9.80 Å². The fourth-order valence-corrected chi connectivity index (χ4v) is 6.10. The van der Waals surface area contributed by atoms with Crippen molar-refractivity contribution in [3.05, 3.63) is 87.1 Å². The summed E-state index contributed by atoms with van der Waals surface area (Å²) in [5.74, 6) is 0.604. The van der Waals surface area contributed by atoms with Crippen molar-refractivity contribution >= 4 is 23.2 Å². The number of carbonyl (C=O) groups is 2. The van der Waals surface area contributed by atoms with E-state index in [1.54, 1.807) is 16.2 Å². The van der Waals surface area contributed by atoms with E-state index in [1.807, 2.05) is 67.3 Å². The van der Waals surface area contributed by atoms with E-state index < -0.39 is 0 Å². The molecule has 2 aliphatic rings. The van der Waals surface area contributed by atoms with E-state index in [2.05, 4.69) is 11.4 Å². The molecule has 194 valence electrons. The highest BCUT2D eigenvalue weighted by Crippen LogP contribution is 2.34. The van der Waals surface area contributed by atoms with Gasteiger partial charge in [0.1, 0.15) is 18.9 Å². The molecule has 6 nitrogen and oxygen atoms in total. The number of aryl methyl sites for hydroxylation is 2. The first-order chi connectivity index (χ1) is 18.0. The molecule has 7 heteroatoms. The lowest BCUT2D eigenvalue weighted by atomic mass is 10.00. The lowest BCUT2D eigenvalue weighted by Crippen LogP contribution is -2.49. The second-order valence-electron chi connectivity index (χ2n) is 9.91. The Bertz CT molecular complexity index is 1230. The van der Waals surface area contributed by atoms with Crippen LogP contribution in [0.5, 0.6) is 5.75 Å². The molecule has 3 heterocycles. The summed E-state index contributed by atoms with van der Waals surface area (Å²) in [6, 6.07) is 17.4. The first-order valence-corrected chi connectivity index (χ1v) is 13.9. The third-order valence-electron chi connectivity index (χ3n) is 7.28. The predicted octanol–water partition coefficient (Wildman–Crippen LogP) is 5.19. The maximum atomic E-state index is 13.8. The third-order valence-corrected chi connectivity index (χ3v) is 8.28. The number of carbonyl (C=O) groups excluding carboxylic acids is 2. The number of ether oxygens (including phenoxy) is 2. The first kappa shape index (κ1) is 25.5. The van der Waals surface area contributed by atoms with Gasteiger partial charge < -0.3 is 19.3 Å². The van der Waals surface area contributed by atoms with Crippen molar-refractivity contribution in [2.75, 3.05) is 32.8 Å². The SMILES string of the molecule is Cc1ccc(OCC2c3ccsc3CCN2C(=O)CN(CC2CCCO2)C(=O)c2ccccc2C)cc1. The average Bonchev–Trinajstić information content (AvgIpc) is 3.60. The zero-order valence-corrected chi connectivity index (χ0v) is 22.3. The van der Waals surface area contributed by atoms with Crippen LogP contribution in [-0.4, -0.2) is 60.6 Å². The normalized spacial score (nSPS) is 18.9. The second kappa shape index (κ2) is 11.5. The number of hydrogen-bond acceptors (Lipinski definition) is 5. The van der Waals surface area contributed by atoms with Crippen molar-refractivity contribution < 1.29 is 19.1 Å². The van der Waals surface area contributed by atoms with Gasteiger partial charge in [0.15, 0.2) is 0 Å². The molecule has 0 spiro atoms. The van der Waals surface area contributed by atoms with E-state index in [-0.39, 0.29) is 30.5 Å². The van der Waals surface area contributed by atoms with E-state index in [9.17, 15) is 9.59 Å². The molecule has 1 fully saturated rings. The molecule has 0 aliphatic carbocycles. The van der Waals surface area contributed by atoms with Gasteiger partial charge in [-0.05, 0) is 73.9 Å². The highest BCUT2D eigenvalue weighted by molar-refractivity contribution is 7.10. The standard InChI is InChI=1S/C30H34N2O4S/c1-21-9-11-23(12-10-21)36-20-27-26-14-17-37-28(26)13-15-32(27)29(33)19-31(18-24-7-5-16-35-24)30(34)25-8-4-3-6-22(25)2/h3-4,6,8-12,14,17,24,27H,5,7,13,15-16,18-20H2,1-2H3. The summed E-state index contributed by atoms with van der Waals surface area (Å²) in [6.07, 6.45) is 2.67. The summed E-state index contributed by atoms with van der Waals surface area (Å²) in [6.45, 7) is 6.10. The van der Waals surface area contributed by atoms with Crippen molar-refractivity contribution in [2.24, 2.45) is 0 Å². The number of hydrogen-bond donors (Lipinski definition) is 0. The van der Waals surface area contributed by atoms with E-state index in [1.165, 1.54) is 10.4 Å². The fourth-order valence-electron chi connectivity index (χ4n) is 5.17. The minimum atomic E-state index is -0.193. The van der Waals surface area contributed by atoms with Gasteiger partial charge in [-0.25, -0.2) is 0 Å². The monoisotopic (exact) mass is 518 g/mol. The molecule has 0 N–H and O–H groups in total. The molecule has 2 aliphatic heterocycles. The molecule has 5 rings (SSSR count). The minimum Gasteiger partial charge on any atom is -0.491 e. The van der Waals surface area contributed by atoms with E-state index in [0.717, 1.165) is 36.1 Å². The van der Waals surface area contributed by atoms with E-state index in [0.29, 0.717) is 31.9 Å². The Morgan fingerprint density at radius 3 is 2.68 bits per heavy atom. The van der Waals surface area contributed by atoms with Gasteiger partial charge in [0, 0.05) is 30.1 Å². The van der Waals surface area contributed by atoms with Crippen LogP contribution in [0.3, 0.4) is 0 Å². The average molecular weight is 519 g/mol. The first-order valence-electron chi connectivity index (χ1n) is 13.0. The molecule has 37 heavy (non-hydrogen) atoms. The summed E-state index contributed by atoms with van der Waals surface area (Å²) in [7, 11) is 0. The molecule has 0 bridgehead atoms. The molecule has 2 atom stereocenters. The topological polar surface area (TPSA) is 59.1 Å². The zero-order valence-electron chi connectivity index (χ0n) is 21.5. The molecule has 0 saturated carbocycles. The zero-order chi connectivity index (χ0) is 25.8. The summed E-state index contributed by atoms with van der Waals surface area (Å²) in [4.78, 5) is 32.3. The lowest BCUT2D eigenvalue weighted by Gasteiger charge is -2.37. The van der Waals surface area contributed by atoms with Gasteiger partial charge in [-0.2, -0.15) is 0 Å². The molecular weight excluding hydrogens is 484 g/mol. The molecule has 3 aromatic rings. The summed E-state index contributed by atoms with van der Waals surface area (Å²) in [5.41, 5.74) is 3.85. The summed E-state index contributed by atoms with van der Waals surface area (Å²) >= 11 is 1.73. The molecule has 2 amide bonds. The Labute approximate surface area is 222 Å². The lowest BCUT2D eigenvalue weighted by molar-refractivity contribution is -0.135. The van der Waals surface area contributed by atoms with Gasteiger partial charge in [-0.15, -0.1) is 11.3 Å². The maximum Gasteiger partial charge on any atom is 0.254 e. The smallest absolute Gasteiger partial charge is 0.254 e. The Morgan fingerprint density at radius 2 is 1.92 bits per heavy atom. The molecule has 1 aromatic heterocycles. The Morgan fingerprint density at radius 1 is 1.11 bits per heavy atom. The van der Waals surface area contributed by atoms with Gasteiger partial charge in [-0.3, -0.25) is 9.59 Å². The highest BCUT2D eigenvalue weighted by Gasteiger charge is 2.34.